The van der Waals surface area contributed by atoms with Crippen LogP contribution < -0.4 is 14.4 Å². The normalized spacial score (nSPS) is 12.1. The third-order valence-corrected chi connectivity index (χ3v) is 7.35. The SMILES string of the molecule is COc1ccc(Cl)cc1-c1ccc(C(F)(F)F)cc1CN(Cc1cc(C(F)(F)F)cc(C(F)(F)F)c1)c1ccc(OCCCC(=O)O)cn1. The van der Waals surface area contributed by atoms with Crippen molar-refractivity contribution in [2.75, 3.05) is 18.6 Å². The predicted molar refractivity (Wildman–Crippen MR) is 161 cm³/mol. The number of benzene rings is 3. The van der Waals surface area contributed by atoms with Gasteiger partial charge in [0.1, 0.15) is 17.3 Å². The van der Waals surface area contributed by atoms with E-state index in [-0.39, 0.29) is 64.5 Å². The Labute approximate surface area is 278 Å². The highest BCUT2D eigenvalue weighted by Crippen LogP contribution is 2.40. The van der Waals surface area contributed by atoms with Gasteiger partial charge in [0.15, 0.2) is 0 Å². The van der Waals surface area contributed by atoms with Crippen LogP contribution in [0, 0.1) is 0 Å². The summed E-state index contributed by atoms with van der Waals surface area (Å²) in [5, 5.41) is 9.01. The molecule has 6 nitrogen and oxygen atoms in total. The minimum Gasteiger partial charge on any atom is -0.496 e. The molecule has 0 atom stereocenters. The van der Waals surface area contributed by atoms with Crippen LogP contribution in [-0.4, -0.2) is 29.8 Å². The molecule has 4 rings (SSSR count). The largest absolute Gasteiger partial charge is 0.496 e. The Morgan fingerprint density at radius 1 is 0.796 bits per heavy atom. The molecule has 262 valence electrons. The van der Waals surface area contributed by atoms with Gasteiger partial charge in [-0.2, -0.15) is 39.5 Å². The number of hydrogen-bond donors (Lipinski definition) is 1. The van der Waals surface area contributed by atoms with Gasteiger partial charge < -0.3 is 19.5 Å². The lowest BCUT2D eigenvalue weighted by Crippen LogP contribution is -2.25. The molecule has 0 aliphatic carbocycles. The first-order chi connectivity index (χ1) is 22.8. The molecule has 4 aromatic rings. The maximum atomic E-state index is 13.9. The number of nitrogens with zero attached hydrogens (tertiary/aromatic N) is 2. The van der Waals surface area contributed by atoms with Crippen molar-refractivity contribution in [3.05, 3.63) is 106 Å². The first-order valence-electron chi connectivity index (χ1n) is 14.2. The molecule has 16 heteroatoms. The molecule has 0 radical (unpaired) electrons. The molecule has 0 aliphatic rings. The van der Waals surface area contributed by atoms with Gasteiger partial charge in [-0.15, -0.1) is 0 Å². The zero-order valence-corrected chi connectivity index (χ0v) is 26.1. The summed E-state index contributed by atoms with van der Waals surface area (Å²) >= 11 is 6.19. The molecule has 0 fully saturated rings. The first kappa shape index (κ1) is 37.2. The predicted octanol–water partition coefficient (Wildman–Crippen LogP) is 9.92. The third-order valence-electron chi connectivity index (χ3n) is 7.11. The number of anilines is 1. The van der Waals surface area contributed by atoms with Gasteiger partial charge in [0, 0.05) is 30.1 Å². The smallest absolute Gasteiger partial charge is 0.416 e. The van der Waals surface area contributed by atoms with Crippen LogP contribution in [0.1, 0.15) is 40.7 Å². The number of carboxylic acid groups (broad SMARTS) is 1. The summed E-state index contributed by atoms with van der Waals surface area (Å²) in [6.45, 7) is -1.14. The van der Waals surface area contributed by atoms with Crippen LogP contribution in [0.5, 0.6) is 11.5 Å². The number of aromatic nitrogens is 1. The van der Waals surface area contributed by atoms with Crippen LogP contribution in [0.2, 0.25) is 5.02 Å². The number of carboxylic acids is 1. The fraction of sp³-hybridized carbons (Fsp3) is 0.273. The van der Waals surface area contributed by atoms with Crippen LogP contribution in [0.3, 0.4) is 0 Å². The Morgan fingerprint density at radius 3 is 2.00 bits per heavy atom. The summed E-state index contributed by atoms with van der Waals surface area (Å²) in [4.78, 5) is 16.2. The zero-order chi connectivity index (χ0) is 36.1. The highest BCUT2D eigenvalue weighted by Gasteiger charge is 2.37. The monoisotopic (exact) mass is 720 g/mol. The number of halogens is 10. The van der Waals surface area contributed by atoms with Crippen LogP contribution in [0.25, 0.3) is 11.1 Å². The van der Waals surface area contributed by atoms with E-state index in [0.717, 1.165) is 18.2 Å². The summed E-state index contributed by atoms with van der Waals surface area (Å²) < 4.78 is 135. The zero-order valence-electron chi connectivity index (χ0n) is 25.3. The standard InChI is InChI=1S/C33H26ClF9N2O4/c1-48-28-8-5-24(34)15-27(28)26-7-4-21(31(35,36)37)13-20(26)18-45(29-9-6-25(16-44-29)49-10-2-3-30(46)47)17-19-11-22(32(38,39)40)14-23(12-19)33(41,42)43/h4-9,11-16H,2-3,10,17-18H2,1H3,(H,46,47). The molecular formula is C33H26ClF9N2O4. The quantitative estimate of drug-likeness (QED) is 0.116. The molecule has 0 amide bonds. The molecule has 49 heavy (non-hydrogen) atoms. The van der Waals surface area contributed by atoms with Crippen molar-refractivity contribution >= 4 is 23.4 Å². The van der Waals surface area contributed by atoms with Crippen LogP contribution in [0.4, 0.5) is 45.3 Å². The molecule has 3 aromatic carbocycles. The maximum Gasteiger partial charge on any atom is 0.416 e. The topological polar surface area (TPSA) is 71.9 Å². The third kappa shape index (κ3) is 9.94. The van der Waals surface area contributed by atoms with Crippen LogP contribution >= 0.6 is 11.6 Å². The lowest BCUT2D eigenvalue weighted by atomic mass is 9.95. The van der Waals surface area contributed by atoms with E-state index in [9.17, 15) is 44.3 Å². The first-order valence-corrected chi connectivity index (χ1v) is 14.6. The highest BCUT2D eigenvalue weighted by molar-refractivity contribution is 6.31. The minimum absolute atomic E-state index is 0.00342. The van der Waals surface area contributed by atoms with Gasteiger partial charge in [-0.05, 0) is 83.8 Å². The van der Waals surface area contributed by atoms with Crippen LogP contribution in [0.15, 0.2) is 72.9 Å². The fourth-order valence-electron chi connectivity index (χ4n) is 4.87. The number of carbonyl (C=O) groups is 1. The highest BCUT2D eigenvalue weighted by atomic mass is 35.5. The lowest BCUT2D eigenvalue weighted by Gasteiger charge is -2.27. The number of ether oxygens (including phenoxy) is 2. The van der Waals surface area contributed by atoms with Crippen molar-refractivity contribution in [2.24, 2.45) is 0 Å². The Morgan fingerprint density at radius 2 is 1.45 bits per heavy atom. The second kappa shape index (κ2) is 14.8. The average Bonchev–Trinajstić information content (AvgIpc) is 3.01. The number of aliphatic carboxylic acids is 1. The summed E-state index contributed by atoms with van der Waals surface area (Å²) in [5.41, 5.74) is -4.23. The molecule has 0 saturated carbocycles. The fourth-order valence-corrected chi connectivity index (χ4v) is 5.04. The molecule has 1 N–H and O–H groups in total. The minimum atomic E-state index is -5.14. The Hall–Kier alpha value is -4.66. The lowest BCUT2D eigenvalue weighted by molar-refractivity contribution is -0.143. The van der Waals surface area contributed by atoms with Gasteiger partial charge in [0.2, 0.25) is 0 Å². The van der Waals surface area contributed by atoms with E-state index < -0.39 is 59.8 Å². The Balaban J connectivity index is 1.85. The number of rotatable bonds is 12. The number of alkyl halides is 9. The van der Waals surface area contributed by atoms with Crippen molar-refractivity contribution in [3.8, 4) is 22.6 Å². The summed E-state index contributed by atoms with van der Waals surface area (Å²) in [7, 11) is 1.32. The van der Waals surface area contributed by atoms with Gasteiger partial charge in [-0.3, -0.25) is 4.79 Å². The molecule has 1 heterocycles. The van der Waals surface area contributed by atoms with E-state index in [1.807, 2.05) is 0 Å². The molecule has 0 spiro atoms. The molecule has 1 aromatic heterocycles. The van der Waals surface area contributed by atoms with Crippen molar-refractivity contribution in [2.45, 2.75) is 44.5 Å². The second-order valence-corrected chi connectivity index (χ2v) is 11.1. The summed E-state index contributed by atoms with van der Waals surface area (Å²) in [6.07, 6.45) is -13.9. The summed E-state index contributed by atoms with van der Waals surface area (Å²) in [6, 6.07) is 10.9. The Bertz CT molecular complexity index is 1740. The van der Waals surface area contributed by atoms with E-state index in [0.29, 0.717) is 12.1 Å². The molecule has 0 saturated heterocycles. The number of pyridine rings is 1. The van der Waals surface area contributed by atoms with Gasteiger partial charge >= 0.3 is 24.5 Å². The average molecular weight is 721 g/mol. The molecular weight excluding hydrogens is 695 g/mol. The number of hydrogen-bond acceptors (Lipinski definition) is 5. The Kier molecular flexibility index (Phi) is 11.3. The number of methoxy groups -OCH3 is 1. The van der Waals surface area contributed by atoms with Crippen molar-refractivity contribution in [3.63, 3.8) is 0 Å². The van der Waals surface area contributed by atoms with Crippen molar-refractivity contribution in [1.82, 2.24) is 4.98 Å². The van der Waals surface area contributed by atoms with E-state index >= 15 is 0 Å². The van der Waals surface area contributed by atoms with Crippen molar-refractivity contribution in [1.29, 1.82) is 0 Å². The van der Waals surface area contributed by atoms with Crippen LogP contribution in [-0.2, 0) is 36.4 Å². The van der Waals surface area contributed by atoms with E-state index in [1.54, 1.807) is 0 Å². The van der Waals surface area contributed by atoms with Gasteiger partial charge in [-0.1, -0.05) is 17.7 Å². The molecule has 0 unspecified atom stereocenters. The van der Waals surface area contributed by atoms with Gasteiger partial charge in [0.25, 0.3) is 0 Å². The van der Waals surface area contributed by atoms with E-state index in [4.69, 9.17) is 26.2 Å². The molecule has 0 aliphatic heterocycles. The van der Waals surface area contributed by atoms with Gasteiger partial charge in [0.05, 0.1) is 36.6 Å². The van der Waals surface area contributed by atoms with Gasteiger partial charge in [-0.25, -0.2) is 4.98 Å². The van der Waals surface area contributed by atoms with E-state index in [1.165, 1.54) is 48.5 Å². The maximum absolute atomic E-state index is 13.9. The summed E-state index contributed by atoms with van der Waals surface area (Å²) in [5.74, 6) is -0.686. The van der Waals surface area contributed by atoms with Crippen molar-refractivity contribution < 1.29 is 58.9 Å². The molecule has 0 bridgehead atoms. The van der Waals surface area contributed by atoms with E-state index in [2.05, 4.69) is 4.98 Å². The second-order valence-electron chi connectivity index (χ2n) is 10.7.